The van der Waals surface area contributed by atoms with Gasteiger partial charge in [0.25, 0.3) is 0 Å². The predicted molar refractivity (Wildman–Crippen MR) is 109 cm³/mol. The highest BCUT2D eigenvalue weighted by Crippen LogP contribution is 2.39. The monoisotopic (exact) mass is 391 g/mol. The van der Waals surface area contributed by atoms with Gasteiger partial charge in [0.2, 0.25) is 5.78 Å². The van der Waals surface area contributed by atoms with E-state index in [1.165, 1.54) is 13.2 Å². The number of rotatable bonds is 6. The molecule has 1 aliphatic carbocycles. The standard InChI is InChI=1S/C23H21NO5/c1-14-9-18(25)22-21(23(14)26)16-10-19(27-2)20(28-3)11-17(16)24(22)13-29-12-15-7-5-4-6-8-15/h4-11H,12-13H2,1-3H3. The van der Waals surface area contributed by atoms with Crippen LogP contribution in [0.4, 0.5) is 0 Å². The maximum atomic E-state index is 12.9. The van der Waals surface area contributed by atoms with E-state index in [2.05, 4.69) is 0 Å². The molecule has 0 aliphatic heterocycles. The van der Waals surface area contributed by atoms with Gasteiger partial charge in [-0.25, -0.2) is 0 Å². The van der Waals surface area contributed by atoms with Crippen molar-refractivity contribution >= 4 is 22.5 Å². The van der Waals surface area contributed by atoms with Crippen molar-refractivity contribution in [3.05, 3.63) is 70.9 Å². The molecule has 1 aliphatic rings. The smallest absolute Gasteiger partial charge is 0.203 e. The van der Waals surface area contributed by atoms with E-state index in [0.717, 1.165) is 5.56 Å². The van der Waals surface area contributed by atoms with Crippen molar-refractivity contribution < 1.29 is 23.8 Å². The Morgan fingerprint density at radius 1 is 0.966 bits per heavy atom. The molecule has 0 saturated heterocycles. The molecule has 0 atom stereocenters. The Bertz CT molecular complexity index is 1140. The number of carbonyl (C=O) groups is 2. The lowest BCUT2D eigenvalue weighted by atomic mass is 9.93. The minimum absolute atomic E-state index is 0.127. The first kappa shape index (κ1) is 19.0. The van der Waals surface area contributed by atoms with Crippen molar-refractivity contribution in [3.63, 3.8) is 0 Å². The van der Waals surface area contributed by atoms with Gasteiger partial charge < -0.3 is 18.8 Å². The SMILES string of the molecule is COc1cc2c3c(n(COCc4ccccc4)c2cc1OC)C(=O)C=C(C)C3=O. The molecule has 2 aromatic carbocycles. The molecule has 0 spiro atoms. The number of fused-ring (bicyclic) bond motifs is 3. The van der Waals surface area contributed by atoms with Gasteiger partial charge in [0.15, 0.2) is 17.3 Å². The maximum Gasteiger partial charge on any atom is 0.203 e. The first-order chi connectivity index (χ1) is 14.0. The summed E-state index contributed by atoms with van der Waals surface area (Å²) in [5.41, 5.74) is 2.84. The topological polar surface area (TPSA) is 66.8 Å². The number of methoxy groups -OCH3 is 2. The Balaban J connectivity index is 1.83. The van der Waals surface area contributed by atoms with E-state index < -0.39 is 0 Å². The van der Waals surface area contributed by atoms with Crippen LogP contribution < -0.4 is 9.47 Å². The fourth-order valence-corrected chi connectivity index (χ4v) is 3.65. The van der Waals surface area contributed by atoms with Crippen LogP contribution in [0.3, 0.4) is 0 Å². The highest BCUT2D eigenvalue weighted by atomic mass is 16.5. The molecular formula is C23H21NO5. The fourth-order valence-electron chi connectivity index (χ4n) is 3.65. The molecule has 0 fully saturated rings. The third-order valence-corrected chi connectivity index (χ3v) is 5.07. The summed E-state index contributed by atoms with van der Waals surface area (Å²) in [6, 6.07) is 13.3. The average Bonchev–Trinajstić information content (AvgIpc) is 3.05. The van der Waals surface area contributed by atoms with Crippen LogP contribution in [-0.2, 0) is 18.1 Å². The van der Waals surface area contributed by atoms with Crippen molar-refractivity contribution in [3.8, 4) is 11.5 Å². The molecule has 148 valence electrons. The maximum absolute atomic E-state index is 12.9. The van der Waals surface area contributed by atoms with Crippen LogP contribution in [0.15, 0.2) is 54.1 Å². The van der Waals surface area contributed by atoms with Crippen molar-refractivity contribution in [2.45, 2.75) is 20.3 Å². The highest BCUT2D eigenvalue weighted by Gasteiger charge is 2.31. The zero-order chi connectivity index (χ0) is 20.5. The van der Waals surface area contributed by atoms with Gasteiger partial charge >= 0.3 is 0 Å². The lowest BCUT2D eigenvalue weighted by molar-refractivity contribution is 0.0638. The summed E-state index contributed by atoms with van der Waals surface area (Å²) in [5, 5.41) is 0.645. The quantitative estimate of drug-likeness (QED) is 0.631. The Kier molecular flexibility index (Phi) is 4.94. The third-order valence-electron chi connectivity index (χ3n) is 5.07. The molecule has 0 radical (unpaired) electrons. The summed E-state index contributed by atoms with van der Waals surface area (Å²) in [6.07, 6.45) is 1.38. The Hall–Kier alpha value is -3.38. The Morgan fingerprint density at radius 3 is 2.34 bits per heavy atom. The number of carbonyl (C=O) groups excluding carboxylic acids is 2. The molecule has 0 amide bonds. The second-order valence-corrected chi connectivity index (χ2v) is 6.86. The zero-order valence-corrected chi connectivity index (χ0v) is 16.5. The molecule has 4 rings (SSSR count). The molecule has 1 heterocycles. The Morgan fingerprint density at radius 2 is 1.66 bits per heavy atom. The normalized spacial score (nSPS) is 13.4. The van der Waals surface area contributed by atoms with Crippen LogP contribution in [-0.4, -0.2) is 30.4 Å². The lowest BCUT2D eigenvalue weighted by Crippen LogP contribution is -2.19. The second-order valence-electron chi connectivity index (χ2n) is 6.86. The van der Waals surface area contributed by atoms with Crippen molar-refractivity contribution in [2.24, 2.45) is 0 Å². The van der Waals surface area contributed by atoms with Crippen molar-refractivity contribution in [1.82, 2.24) is 4.57 Å². The van der Waals surface area contributed by atoms with Crippen LogP contribution in [0.5, 0.6) is 11.5 Å². The van der Waals surface area contributed by atoms with Gasteiger partial charge in [-0.05, 0) is 24.6 Å². The first-order valence-corrected chi connectivity index (χ1v) is 9.22. The third kappa shape index (κ3) is 3.21. The molecule has 0 N–H and O–H groups in total. The molecule has 6 nitrogen and oxygen atoms in total. The molecule has 0 saturated carbocycles. The number of ether oxygens (including phenoxy) is 3. The molecule has 29 heavy (non-hydrogen) atoms. The number of Topliss-reactive ketones (excluding diaryl/α,β-unsaturated/α-hetero) is 1. The molecule has 6 heteroatoms. The first-order valence-electron chi connectivity index (χ1n) is 9.22. The number of nitrogens with zero attached hydrogens (tertiary/aromatic N) is 1. The molecular weight excluding hydrogens is 370 g/mol. The number of allylic oxidation sites excluding steroid dienone is 2. The number of benzene rings is 2. The van der Waals surface area contributed by atoms with E-state index in [1.807, 2.05) is 30.3 Å². The molecule has 3 aromatic rings. The van der Waals surface area contributed by atoms with Gasteiger partial charge in [0, 0.05) is 17.0 Å². The van der Waals surface area contributed by atoms with E-state index in [4.69, 9.17) is 14.2 Å². The van der Waals surface area contributed by atoms with E-state index in [9.17, 15) is 9.59 Å². The zero-order valence-electron chi connectivity index (χ0n) is 16.5. The van der Waals surface area contributed by atoms with E-state index >= 15 is 0 Å². The molecule has 0 bridgehead atoms. The lowest BCUT2D eigenvalue weighted by Gasteiger charge is -2.14. The van der Waals surface area contributed by atoms with Crippen molar-refractivity contribution in [1.29, 1.82) is 0 Å². The van der Waals surface area contributed by atoms with Crippen molar-refractivity contribution in [2.75, 3.05) is 14.2 Å². The molecule has 1 aromatic heterocycles. The van der Waals surface area contributed by atoms with Gasteiger partial charge in [-0.2, -0.15) is 0 Å². The summed E-state index contributed by atoms with van der Waals surface area (Å²) in [7, 11) is 3.08. The van der Waals surface area contributed by atoms with Gasteiger partial charge in [-0.1, -0.05) is 30.3 Å². The van der Waals surface area contributed by atoms with Gasteiger partial charge in [-0.3, -0.25) is 9.59 Å². The van der Waals surface area contributed by atoms with E-state index in [1.54, 1.807) is 30.7 Å². The minimum atomic E-state index is -0.213. The second kappa shape index (κ2) is 7.56. The van der Waals surface area contributed by atoms with E-state index in [0.29, 0.717) is 45.8 Å². The Labute approximate surface area is 168 Å². The predicted octanol–water partition coefficient (Wildman–Crippen LogP) is 4.16. The summed E-state index contributed by atoms with van der Waals surface area (Å²) in [5.74, 6) is 0.634. The summed E-state index contributed by atoms with van der Waals surface area (Å²) < 4.78 is 18.4. The van der Waals surface area contributed by atoms with Crippen LogP contribution in [0.2, 0.25) is 0 Å². The minimum Gasteiger partial charge on any atom is -0.493 e. The number of ketones is 2. The van der Waals surface area contributed by atoms with Gasteiger partial charge in [0.1, 0.15) is 12.4 Å². The van der Waals surface area contributed by atoms with Gasteiger partial charge in [-0.15, -0.1) is 0 Å². The van der Waals surface area contributed by atoms with Crippen LogP contribution in [0, 0.1) is 0 Å². The molecule has 0 unspecified atom stereocenters. The number of aromatic nitrogens is 1. The largest absolute Gasteiger partial charge is 0.493 e. The summed E-state index contributed by atoms with van der Waals surface area (Å²) in [4.78, 5) is 25.7. The fraction of sp³-hybridized carbons (Fsp3) is 0.217. The highest BCUT2D eigenvalue weighted by molar-refractivity contribution is 6.29. The van der Waals surface area contributed by atoms with E-state index in [-0.39, 0.29) is 18.3 Å². The summed E-state index contributed by atoms with van der Waals surface area (Å²) in [6.45, 7) is 2.17. The van der Waals surface area contributed by atoms with Crippen LogP contribution >= 0.6 is 0 Å². The van der Waals surface area contributed by atoms with Crippen LogP contribution in [0.25, 0.3) is 10.9 Å². The number of hydrogen-bond donors (Lipinski definition) is 0. The van der Waals surface area contributed by atoms with Gasteiger partial charge in [0.05, 0.1) is 31.9 Å². The average molecular weight is 391 g/mol. The number of hydrogen-bond acceptors (Lipinski definition) is 5. The summed E-state index contributed by atoms with van der Waals surface area (Å²) >= 11 is 0. The van der Waals surface area contributed by atoms with Crippen LogP contribution in [0.1, 0.15) is 33.3 Å².